The lowest BCUT2D eigenvalue weighted by Gasteiger charge is -2.29. The number of rotatable bonds is 8. The Morgan fingerprint density at radius 3 is 2.68 bits per heavy atom. The van der Waals surface area contributed by atoms with Gasteiger partial charge in [-0.25, -0.2) is 5.43 Å². The van der Waals surface area contributed by atoms with E-state index in [1.165, 1.54) is 19.4 Å². The zero-order valence-electron chi connectivity index (χ0n) is 19.6. The molecule has 10 heteroatoms. The fraction of sp³-hybridized carbons (Fsp3) is 0.375. The van der Waals surface area contributed by atoms with Gasteiger partial charge in [0.25, 0.3) is 5.91 Å². The Labute approximate surface area is 198 Å². The highest BCUT2D eigenvalue weighted by Gasteiger charge is 2.41. The minimum atomic E-state index is -0.496. The molecule has 0 unspecified atom stereocenters. The van der Waals surface area contributed by atoms with Crippen LogP contribution in [0.15, 0.2) is 41.5 Å². The molecule has 0 atom stereocenters. The predicted molar refractivity (Wildman–Crippen MR) is 127 cm³/mol. The maximum Gasteiger partial charge on any atom is 0.254 e. The highest BCUT2D eigenvalue weighted by Crippen LogP contribution is 2.38. The monoisotopic (exact) mass is 463 g/mol. The first-order valence-corrected chi connectivity index (χ1v) is 11.2. The van der Waals surface area contributed by atoms with Crippen LogP contribution in [0.25, 0.3) is 5.69 Å². The lowest BCUT2D eigenvalue weighted by Crippen LogP contribution is -2.46. The Kier molecular flexibility index (Phi) is 6.87. The van der Waals surface area contributed by atoms with E-state index in [-0.39, 0.29) is 18.2 Å². The molecule has 4 rings (SSSR count). The molecule has 0 radical (unpaired) electrons. The van der Waals surface area contributed by atoms with E-state index >= 15 is 0 Å². The molecule has 1 saturated carbocycles. The molecule has 3 aromatic rings. The van der Waals surface area contributed by atoms with Crippen LogP contribution < -0.4 is 15.5 Å². The number of phenolic OH excluding ortho intramolecular Hbond substituents is 1. The average molecular weight is 464 g/mol. The van der Waals surface area contributed by atoms with Gasteiger partial charge in [0.1, 0.15) is 0 Å². The number of benzene rings is 2. The Balaban J connectivity index is 1.47. The van der Waals surface area contributed by atoms with Gasteiger partial charge in [-0.3, -0.25) is 10.1 Å². The maximum atomic E-state index is 12.5. The van der Waals surface area contributed by atoms with Crippen LogP contribution in [0.4, 0.5) is 0 Å². The molecule has 1 aliphatic carbocycles. The summed E-state index contributed by atoms with van der Waals surface area (Å²) in [6.45, 7) is 4.14. The Bertz CT molecular complexity index is 1180. The molecule has 1 amide bonds. The highest BCUT2D eigenvalue weighted by atomic mass is 16.5. The van der Waals surface area contributed by atoms with E-state index < -0.39 is 5.54 Å². The predicted octanol–water partition coefficient (Wildman–Crippen LogP) is 2.50. The van der Waals surface area contributed by atoms with E-state index in [0.717, 1.165) is 48.3 Å². The van der Waals surface area contributed by atoms with Gasteiger partial charge in [-0.05, 0) is 72.0 Å². The van der Waals surface area contributed by atoms with Crippen molar-refractivity contribution >= 4 is 12.1 Å². The molecular weight excluding hydrogens is 434 g/mol. The number of hydrogen-bond acceptors (Lipinski definition) is 8. The van der Waals surface area contributed by atoms with E-state index in [2.05, 4.69) is 31.4 Å². The second-order valence-electron chi connectivity index (χ2n) is 8.52. The first kappa shape index (κ1) is 23.4. The number of amides is 1. The minimum absolute atomic E-state index is 0.0398. The van der Waals surface area contributed by atoms with Crippen LogP contribution in [0.2, 0.25) is 0 Å². The molecule has 1 fully saturated rings. The summed E-state index contributed by atoms with van der Waals surface area (Å²) in [4.78, 5) is 12.5. The van der Waals surface area contributed by atoms with E-state index in [1.807, 2.05) is 32.0 Å². The van der Waals surface area contributed by atoms with Crippen LogP contribution in [0, 0.1) is 13.8 Å². The lowest BCUT2D eigenvalue weighted by molar-refractivity contribution is -0.120. The minimum Gasteiger partial charge on any atom is -0.504 e. The lowest BCUT2D eigenvalue weighted by atomic mass is 9.95. The van der Waals surface area contributed by atoms with Gasteiger partial charge in [0.15, 0.2) is 17.3 Å². The van der Waals surface area contributed by atoms with E-state index in [4.69, 9.17) is 4.74 Å². The average Bonchev–Trinajstić information content (AvgIpc) is 3.49. The summed E-state index contributed by atoms with van der Waals surface area (Å²) in [5.41, 5.74) is 5.86. The summed E-state index contributed by atoms with van der Waals surface area (Å²) in [6.07, 6.45) is 5.21. The molecule has 3 N–H and O–H groups in total. The van der Waals surface area contributed by atoms with Gasteiger partial charge >= 0.3 is 0 Å². The summed E-state index contributed by atoms with van der Waals surface area (Å²) in [6, 6.07) is 10.9. The SMILES string of the molecule is COc1cc(/C=N/NC(=O)CNC2(c3nnnn3-c3c(C)cccc3C)CCCC2)ccc1O. The summed E-state index contributed by atoms with van der Waals surface area (Å²) >= 11 is 0. The van der Waals surface area contributed by atoms with Gasteiger partial charge in [-0.15, -0.1) is 5.10 Å². The van der Waals surface area contributed by atoms with Gasteiger partial charge in [0.2, 0.25) is 0 Å². The van der Waals surface area contributed by atoms with Gasteiger partial charge in [-0.1, -0.05) is 31.0 Å². The van der Waals surface area contributed by atoms with Crippen molar-refractivity contribution in [3.63, 3.8) is 0 Å². The van der Waals surface area contributed by atoms with Crippen LogP contribution >= 0.6 is 0 Å². The quantitative estimate of drug-likeness (QED) is 0.346. The van der Waals surface area contributed by atoms with Crippen molar-refractivity contribution in [1.82, 2.24) is 30.9 Å². The number of aromatic hydroxyl groups is 1. The number of hydrazone groups is 1. The van der Waals surface area contributed by atoms with Gasteiger partial charge < -0.3 is 9.84 Å². The standard InChI is InChI=1S/C24H29N7O3/c1-16-7-6-8-17(2)22(16)31-23(28-29-30-31)24(11-4-5-12-24)25-15-21(33)27-26-14-18-9-10-19(32)20(13-18)34-3/h6-10,13-14,25,32H,4-5,11-12,15H2,1-3H3,(H,27,33)/b26-14+. The molecule has 1 aromatic heterocycles. The summed E-state index contributed by atoms with van der Waals surface area (Å²) in [7, 11) is 1.47. The number of methoxy groups -OCH3 is 1. The normalized spacial score (nSPS) is 15.0. The van der Waals surface area contributed by atoms with E-state index in [0.29, 0.717) is 11.3 Å². The van der Waals surface area contributed by atoms with Crippen LogP contribution in [-0.4, -0.2) is 51.1 Å². The van der Waals surface area contributed by atoms with Crippen molar-refractivity contribution in [3.8, 4) is 17.2 Å². The number of aryl methyl sites for hydroxylation is 2. The molecule has 1 aliphatic rings. The van der Waals surface area contributed by atoms with Crippen molar-refractivity contribution in [3.05, 3.63) is 58.9 Å². The molecule has 34 heavy (non-hydrogen) atoms. The van der Waals surface area contributed by atoms with Crippen LogP contribution in [0.1, 0.15) is 48.2 Å². The molecule has 0 spiro atoms. The zero-order valence-corrected chi connectivity index (χ0v) is 19.6. The molecule has 0 bridgehead atoms. The summed E-state index contributed by atoms with van der Waals surface area (Å²) in [5, 5.41) is 29.8. The van der Waals surface area contributed by atoms with Gasteiger partial charge in [0.05, 0.1) is 31.1 Å². The number of ether oxygens (including phenoxy) is 1. The zero-order chi connectivity index (χ0) is 24.1. The third-order valence-electron chi connectivity index (χ3n) is 6.20. The van der Waals surface area contributed by atoms with Crippen molar-refractivity contribution in [1.29, 1.82) is 0 Å². The number of aromatic nitrogens is 4. The molecule has 2 aromatic carbocycles. The van der Waals surface area contributed by atoms with E-state index in [9.17, 15) is 9.90 Å². The second-order valence-corrected chi connectivity index (χ2v) is 8.52. The fourth-order valence-corrected chi connectivity index (χ4v) is 4.48. The fourth-order valence-electron chi connectivity index (χ4n) is 4.48. The van der Waals surface area contributed by atoms with Crippen LogP contribution in [-0.2, 0) is 10.3 Å². The van der Waals surface area contributed by atoms with Gasteiger partial charge in [-0.2, -0.15) is 9.78 Å². The first-order valence-electron chi connectivity index (χ1n) is 11.2. The first-order chi connectivity index (χ1) is 16.4. The highest BCUT2D eigenvalue weighted by molar-refractivity contribution is 5.83. The smallest absolute Gasteiger partial charge is 0.254 e. The Morgan fingerprint density at radius 2 is 1.97 bits per heavy atom. The van der Waals surface area contributed by atoms with E-state index in [1.54, 1.807) is 16.8 Å². The maximum absolute atomic E-state index is 12.5. The molecular formula is C24H29N7O3. The number of phenols is 1. The third-order valence-corrected chi connectivity index (χ3v) is 6.20. The Morgan fingerprint density at radius 1 is 1.24 bits per heavy atom. The molecule has 10 nitrogen and oxygen atoms in total. The largest absolute Gasteiger partial charge is 0.504 e. The van der Waals surface area contributed by atoms with Crippen molar-refractivity contribution < 1.29 is 14.6 Å². The number of nitrogens with one attached hydrogen (secondary N) is 2. The molecule has 0 aliphatic heterocycles. The summed E-state index contributed by atoms with van der Waals surface area (Å²) < 4.78 is 6.89. The van der Waals surface area contributed by atoms with Crippen LogP contribution in [0.3, 0.4) is 0 Å². The number of carbonyl (C=O) groups excluding carboxylic acids is 1. The molecule has 1 heterocycles. The summed E-state index contributed by atoms with van der Waals surface area (Å²) in [5.74, 6) is 0.814. The number of nitrogens with zero attached hydrogens (tertiary/aromatic N) is 5. The third kappa shape index (κ3) is 4.76. The van der Waals surface area contributed by atoms with Crippen molar-refractivity contribution in [2.24, 2.45) is 5.10 Å². The number of hydrogen-bond donors (Lipinski definition) is 3. The molecule has 178 valence electrons. The van der Waals surface area contributed by atoms with Gasteiger partial charge in [0, 0.05) is 0 Å². The molecule has 0 saturated heterocycles. The van der Waals surface area contributed by atoms with Crippen LogP contribution in [0.5, 0.6) is 11.5 Å². The second kappa shape index (κ2) is 10.0. The Hall–Kier alpha value is -3.79. The number of carbonyl (C=O) groups is 1. The topological polar surface area (TPSA) is 127 Å². The van der Waals surface area contributed by atoms with Crippen molar-refractivity contribution in [2.75, 3.05) is 13.7 Å². The van der Waals surface area contributed by atoms with Crippen molar-refractivity contribution in [2.45, 2.75) is 45.1 Å². The number of para-hydroxylation sites is 1. The number of tetrazole rings is 1.